The number of nitrogens with zero attached hydrogens (tertiary/aromatic N) is 1. The lowest BCUT2D eigenvalue weighted by atomic mass is 9.94. The first-order chi connectivity index (χ1) is 7.74. The van der Waals surface area contributed by atoms with Crippen LogP contribution >= 0.6 is 0 Å². The second-order valence-electron chi connectivity index (χ2n) is 5.05. The fourth-order valence-corrected chi connectivity index (χ4v) is 2.68. The molecule has 0 aliphatic heterocycles. The third-order valence-electron chi connectivity index (χ3n) is 3.80. The van der Waals surface area contributed by atoms with Crippen molar-refractivity contribution < 1.29 is 9.90 Å². The van der Waals surface area contributed by atoms with Gasteiger partial charge in [-0.2, -0.15) is 0 Å². The zero-order chi connectivity index (χ0) is 11.5. The van der Waals surface area contributed by atoms with E-state index in [4.69, 9.17) is 10.8 Å². The highest BCUT2D eigenvalue weighted by Crippen LogP contribution is 2.32. The number of aliphatic hydroxyl groups is 1. The molecule has 0 heterocycles. The Morgan fingerprint density at radius 3 is 2.44 bits per heavy atom. The smallest absolute Gasteiger partial charge is 0.227 e. The number of rotatable bonds is 4. The van der Waals surface area contributed by atoms with Crippen LogP contribution < -0.4 is 5.73 Å². The predicted molar refractivity (Wildman–Crippen MR) is 61.8 cm³/mol. The third kappa shape index (κ3) is 2.55. The molecule has 0 bridgehead atoms. The Kier molecular flexibility index (Phi) is 3.82. The van der Waals surface area contributed by atoms with Crippen molar-refractivity contribution in [3.63, 3.8) is 0 Å². The van der Waals surface area contributed by atoms with Gasteiger partial charge in [0.05, 0.1) is 12.5 Å². The molecule has 0 aromatic rings. The summed E-state index contributed by atoms with van der Waals surface area (Å²) in [6, 6.07) is 0.415. The maximum Gasteiger partial charge on any atom is 0.227 e. The highest BCUT2D eigenvalue weighted by Gasteiger charge is 2.43. The molecule has 2 aliphatic rings. The van der Waals surface area contributed by atoms with Gasteiger partial charge in [0.1, 0.15) is 0 Å². The fraction of sp³-hybridized carbons (Fsp3) is 0.917. The van der Waals surface area contributed by atoms with E-state index in [0.717, 1.165) is 19.3 Å². The number of carbonyl (C=O) groups is 1. The first-order valence-corrected chi connectivity index (χ1v) is 6.41. The molecular weight excluding hydrogens is 204 g/mol. The predicted octanol–water partition coefficient (Wildman–Crippen LogP) is 0.487. The van der Waals surface area contributed by atoms with Crippen LogP contribution in [0.2, 0.25) is 0 Å². The topological polar surface area (TPSA) is 66.6 Å². The van der Waals surface area contributed by atoms with Gasteiger partial charge >= 0.3 is 0 Å². The largest absolute Gasteiger partial charge is 0.395 e. The molecule has 2 atom stereocenters. The van der Waals surface area contributed by atoms with Crippen LogP contribution in [0.1, 0.15) is 38.5 Å². The van der Waals surface area contributed by atoms with Gasteiger partial charge in [0.25, 0.3) is 0 Å². The van der Waals surface area contributed by atoms with Gasteiger partial charge < -0.3 is 15.7 Å². The Bertz CT molecular complexity index is 251. The van der Waals surface area contributed by atoms with Gasteiger partial charge in [0.2, 0.25) is 5.91 Å². The van der Waals surface area contributed by atoms with Gasteiger partial charge in [-0.15, -0.1) is 0 Å². The van der Waals surface area contributed by atoms with Crippen LogP contribution in [0, 0.1) is 5.92 Å². The van der Waals surface area contributed by atoms with Crippen LogP contribution in [0.5, 0.6) is 0 Å². The summed E-state index contributed by atoms with van der Waals surface area (Å²) in [5, 5.41) is 9.06. The van der Waals surface area contributed by atoms with Crippen LogP contribution in [0.25, 0.3) is 0 Å². The van der Waals surface area contributed by atoms with Crippen molar-refractivity contribution in [3.8, 4) is 0 Å². The second-order valence-corrected chi connectivity index (χ2v) is 5.05. The molecule has 2 rings (SSSR count). The van der Waals surface area contributed by atoms with Gasteiger partial charge in [-0.05, 0) is 19.3 Å². The Morgan fingerprint density at radius 2 is 1.94 bits per heavy atom. The van der Waals surface area contributed by atoms with E-state index in [-0.39, 0.29) is 24.5 Å². The van der Waals surface area contributed by atoms with Crippen LogP contribution in [-0.4, -0.2) is 41.1 Å². The number of hydrogen-bond acceptors (Lipinski definition) is 3. The lowest BCUT2D eigenvalue weighted by Gasteiger charge is -2.34. The van der Waals surface area contributed by atoms with Crippen LogP contribution in [0.4, 0.5) is 0 Å². The molecule has 2 saturated carbocycles. The minimum Gasteiger partial charge on any atom is -0.395 e. The minimum absolute atomic E-state index is 0.0356. The lowest BCUT2D eigenvalue weighted by molar-refractivity contribution is -0.136. The molecule has 0 aromatic heterocycles. The maximum atomic E-state index is 12.1. The summed E-state index contributed by atoms with van der Waals surface area (Å²) in [5.74, 6) is 0.210. The molecule has 4 nitrogen and oxygen atoms in total. The molecule has 4 heteroatoms. The molecule has 0 aromatic carbocycles. The first kappa shape index (κ1) is 11.9. The van der Waals surface area contributed by atoms with Crippen molar-refractivity contribution in [1.82, 2.24) is 4.90 Å². The van der Waals surface area contributed by atoms with Gasteiger partial charge in [-0.25, -0.2) is 0 Å². The Labute approximate surface area is 96.8 Å². The molecule has 0 radical (unpaired) electrons. The standard InChI is InChI=1S/C12H22N2O2/c13-11-8-10(11)12(16)14(6-7-15)9-4-2-1-3-5-9/h9-11,15H,1-8,13H2. The number of nitrogens with two attached hydrogens (primary N) is 1. The average Bonchev–Trinajstić information content (AvgIpc) is 3.04. The highest BCUT2D eigenvalue weighted by atomic mass is 16.3. The van der Waals surface area contributed by atoms with Crippen molar-refractivity contribution in [3.05, 3.63) is 0 Å². The second kappa shape index (κ2) is 5.15. The van der Waals surface area contributed by atoms with E-state index < -0.39 is 0 Å². The quantitative estimate of drug-likeness (QED) is 0.733. The van der Waals surface area contributed by atoms with Crippen molar-refractivity contribution in [2.24, 2.45) is 11.7 Å². The summed E-state index contributed by atoms with van der Waals surface area (Å²) in [7, 11) is 0. The van der Waals surface area contributed by atoms with E-state index in [1.54, 1.807) is 0 Å². The average molecular weight is 226 g/mol. The van der Waals surface area contributed by atoms with Gasteiger partial charge in [0, 0.05) is 18.6 Å². The van der Waals surface area contributed by atoms with Gasteiger partial charge in [-0.3, -0.25) is 4.79 Å². The summed E-state index contributed by atoms with van der Waals surface area (Å²) in [5.41, 5.74) is 5.72. The summed E-state index contributed by atoms with van der Waals surface area (Å²) >= 11 is 0. The molecular formula is C12H22N2O2. The molecule has 3 N–H and O–H groups in total. The van der Waals surface area contributed by atoms with Crippen LogP contribution in [0.3, 0.4) is 0 Å². The molecule has 1 amide bonds. The van der Waals surface area contributed by atoms with E-state index in [9.17, 15) is 4.79 Å². The van der Waals surface area contributed by atoms with Crippen molar-refractivity contribution >= 4 is 5.91 Å². The van der Waals surface area contributed by atoms with Crippen molar-refractivity contribution in [2.45, 2.75) is 50.6 Å². The summed E-state index contributed by atoms with van der Waals surface area (Å²) < 4.78 is 0. The Hall–Kier alpha value is -0.610. The number of aliphatic hydroxyl groups excluding tert-OH is 1. The minimum atomic E-state index is 0.0356. The van der Waals surface area contributed by atoms with Crippen molar-refractivity contribution in [1.29, 1.82) is 0 Å². The Balaban J connectivity index is 1.94. The first-order valence-electron chi connectivity index (χ1n) is 6.41. The monoisotopic (exact) mass is 226 g/mol. The molecule has 92 valence electrons. The number of hydrogen-bond donors (Lipinski definition) is 2. The molecule has 2 aliphatic carbocycles. The Morgan fingerprint density at radius 1 is 1.31 bits per heavy atom. The third-order valence-corrected chi connectivity index (χ3v) is 3.80. The fourth-order valence-electron chi connectivity index (χ4n) is 2.68. The van der Waals surface area contributed by atoms with Crippen LogP contribution in [-0.2, 0) is 4.79 Å². The molecule has 0 saturated heterocycles. The van der Waals surface area contributed by atoms with E-state index in [0.29, 0.717) is 12.6 Å². The maximum absolute atomic E-state index is 12.1. The summed E-state index contributed by atoms with van der Waals surface area (Å²) in [6.07, 6.45) is 6.70. The van der Waals surface area contributed by atoms with E-state index in [1.807, 2.05) is 4.90 Å². The lowest BCUT2D eigenvalue weighted by Crippen LogP contribution is -2.44. The molecule has 2 unspecified atom stereocenters. The highest BCUT2D eigenvalue weighted by molar-refractivity contribution is 5.82. The van der Waals surface area contributed by atoms with Gasteiger partial charge in [-0.1, -0.05) is 19.3 Å². The zero-order valence-electron chi connectivity index (χ0n) is 9.77. The summed E-state index contributed by atoms with van der Waals surface area (Å²) in [4.78, 5) is 14.0. The normalized spacial score (nSPS) is 30.1. The SMILES string of the molecule is NC1CC1C(=O)N(CCO)C1CCCCC1. The molecule has 2 fully saturated rings. The molecule has 0 spiro atoms. The van der Waals surface area contributed by atoms with E-state index in [1.165, 1.54) is 19.3 Å². The van der Waals surface area contributed by atoms with Crippen LogP contribution in [0.15, 0.2) is 0 Å². The number of carbonyl (C=O) groups excluding carboxylic acids is 1. The zero-order valence-corrected chi connectivity index (χ0v) is 9.77. The number of amides is 1. The van der Waals surface area contributed by atoms with E-state index >= 15 is 0 Å². The van der Waals surface area contributed by atoms with Gasteiger partial charge in [0.15, 0.2) is 0 Å². The van der Waals surface area contributed by atoms with E-state index in [2.05, 4.69) is 0 Å². The molecule has 16 heavy (non-hydrogen) atoms. The van der Waals surface area contributed by atoms with Crippen molar-refractivity contribution in [2.75, 3.05) is 13.2 Å². The summed E-state index contributed by atoms with van der Waals surface area (Å²) in [6.45, 7) is 0.539.